The highest BCUT2D eigenvalue weighted by Gasteiger charge is 2.00. The van der Waals surface area contributed by atoms with Gasteiger partial charge in [0.25, 0.3) is 0 Å². The van der Waals surface area contributed by atoms with Gasteiger partial charge in [-0.2, -0.15) is 0 Å². The molecule has 0 bridgehead atoms. The van der Waals surface area contributed by atoms with Crippen molar-refractivity contribution in [3.05, 3.63) is 34.9 Å². The van der Waals surface area contributed by atoms with E-state index in [2.05, 4.69) is 10.6 Å². The Balaban J connectivity index is 2.12. The van der Waals surface area contributed by atoms with Gasteiger partial charge in [-0.3, -0.25) is 4.79 Å². The molecule has 5 heteroatoms. The number of ether oxygens (including phenoxy) is 1. The van der Waals surface area contributed by atoms with Crippen LogP contribution < -0.4 is 10.6 Å². The van der Waals surface area contributed by atoms with Crippen LogP contribution in [0.15, 0.2) is 24.3 Å². The molecule has 2 N–H and O–H groups in total. The number of hydrogen-bond donors (Lipinski definition) is 2. The number of methoxy groups -OCH3 is 1. The van der Waals surface area contributed by atoms with Gasteiger partial charge >= 0.3 is 0 Å². The van der Waals surface area contributed by atoms with Crippen LogP contribution in [-0.2, 0) is 16.1 Å². The van der Waals surface area contributed by atoms with Crippen LogP contribution >= 0.6 is 11.6 Å². The summed E-state index contributed by atoms with van der Waals surface area (Å²) in [7, 11) is 1.65. The van der Waals surface area contributed by atoms with Gasteiger partial charge in [-0.1, -0.05) is 23.7 Å². The van der Waals surface area contributed by atoms with Gasteiger partial charge in [0.15, 0.2) is 0 Å². The van der Waals surface area contributed by atoms with Gasteiger partial charge in [0.05, 0.1) is 6.54 Å². The van der Waals surface area contributed by atoms with Crippen LogP contribution in [0.3, 0.4) is 0 Å². The molecule has 0 unspecified atom stereocenters. The molecule has 0 saturated heterocycles. The minimum absolute atomic E-state index is 0.00636. The van der Waals surface area contributed by atoms with Crippen LogP contribution in [0.5, 0.6) is 0 Å². The van der Waals surface area contributed by atoms with Crippen LogP contribution in [-0.4, -0.2) is 32.7 Å². The lowest BCUT2D eigenvalue weighted by Crippen LogP contribution is -2.34. The molecule has 0 aromatic heterocycles. The molecule has 0 aliphatic heterocycles. The Hall–Kier alpha value is -1.10. The molecular weight excluding hydrogens is 252 g/mol. The molecule has 0 heterocycles. The number of amides is 1. The SMILES string of the molecule is COCCCNC(=O)CNCc1cccc(Cl)c1. The molecule has 0 fully saturated rings. The van der Waals surface area contributed by atoms with Crippen molar-refractivity contribution < 1.29 is 9.53 Å². The zero-order chi connectivity index (χ0) is 13.2. The molecule has 0 atom stereocenters. The lowest BCUT2D eigenvalue weighted by Gasteiger charge is -2.06. The number of rotatable bonds is 8. The molecule has 0 radical (unpaired) electrons. The molecule has 0 spiro atoms. The van der Waals surface area contributed by atoms with Crippen molar-refractivity contribution in [1.29, 1.82) is 0 Å². The molecular formula is C13H19ClN2O2. The summed E-state index contributed by atoms with van der Waals surface area (Å²) in [6, 6.07) is 7.57. The van der Waals surface area contributed by atoms with E-state index in [0.717, 1.165) is 12.0 Å². The predicted molar refractivity (Wildman–Crippen MR) is 72.7 cm³/mol. The van der Waals surface area contributed by atoms with E-state index in [-0.39, 0.29) is 5.91 Å². The number of nitrogens with one attached hydrogen (secondary N) is 2. The average molecular weight is 271 g/mol. The summed E-state index contributed by atoms with van der Waals surface area (Å²) in [4.78, 5) is 11.4. The Kier molecular flexibility index (Phi) is 7.41. The molecule has 0 aliphatic rings. The number of halogens is 1. The maximum Gasteiger partial charge on any atom is 0.233 e. The van der Waals surface area contributed by atoms with Gasteiger partial charge in [-0.15, -0.1) is 0 Å². The van der Waals surface area contributed by atoms with E-state index < -0.39 is 0 Å². The highest BCUT2D eigenvalue weighted by Crippen LogP contribution is 2.09. The smallest absolute Gasteiger partial charge is 0.233 e. The van der Waals surface area contributed by atoms with Crippen LogP contribution in [0, 0.1) is 0 Å². The van der Waals surface area contributed by atoms with Crippen molar-refractivity contribution in [2.75, 3.05) is 26.8 Å². The first-order valence-corrected chi connectivity index (χ1v) is 6.31. The summed E-state index contributed by atoms with van der Waals surface area (Å²) in [5, 5.41) is 6.58. The standard InChI is InChI=1S/C13H19ClN2O2/c1-18-7-3-6-16-13(17)10-15-9-11-4-2-5-12(14)8-11/h2,4-5,8,15H,3,6-7,9-10H2,1H3,(H,16,17). The second kappa shape index (κ2) is 8.91. The Morgan fingerprint density at radius 2 is 2.28 bits per heavy atom. The molecule has 1 aromatic carbocycles. The first-order valence-electron chi connectivity index (χ1n) is 5.93. The van der Waals surface area contributed by atoms with Gasteiger partial charge in [-0.05, 0) is 24.1 Å². The Morgan fingerprint density at radius 3 is 3.00 bits per heavy atom. The highest BCUT2D eigenvalue weighted by molar-refractivity contribution is 6.30. The lowest BCUT2D eigenvalue weighted by molar-refractivity contribution is -0.120. The van der Waals surface area contributed by atoms with Crippen molar-refractivity contribution in [2.24, 2.45) is 0 Å². The van der Waals surface area contributed by atoms with E-state index in [1.807, 2.05) is 24.3 Å². The van der Waals surface area contributed by atoms with Crippen LogP contribution in [0.1, 0.15) is 12.0 Å². The quantitative estimate of drug-likeness (QED) is 0.705. The predicted octanol–water partition coefficient (Wildman–Crippen LogP) is 1.58. The second-order valence-corrected chi connectivity index (χ2v) is 4.37. The minimum Gasteiger partial charge on any atom is -0.385 e. The summed E-state index contributed by atoms with van der Waals surface area (Å²) in [6.07, 6.45) is 0.830. The molecule has 0 saturated carbocycles. The first-order chi connectivity index (χ1) is 8.72. The third-order valence-electron chi connectivity index (χ3n) is 2.35. The van der Waals surface area contributed by atoms with Gasteiger partial charge in [-0.25, -0.2) is 0 Å². The summed E-state index contributed by atoms with van der Waals surface area (Å²) >= 11 is 5.87. The van der Waals surface area contributed by atoms with E-state index in [1.165, 1.54) is 0 Å². The van der Waals surface area contributed by atoms with E-state index in [9.17, 15) is 4.79 Å². The van der Waals surface area contributed by atoms with Gasteiger partial charge < -0.3 is 15.4 Å². The van der Waals surface area contributed by atoms with E-state index >= 15 is 0 Å². The van der Waals surface area contributed by atoms with E-state index in [4.69, 9.17) is 16.3 Å². The maximum atomic E-state index is 11.4. The van der Waals surface area contributed by atoms with E-state index in [0.29, 0.717) is 31.3 Å². The largest absolute Gasteiger partial charge is 0.385 e. The molecule has 1 rings (SSSR count). The van der Waals surface area contributed by atoms with Crippen LogP contribution in [0.2, 0.25) is 5.02 Å². The van der Waals surface area contributed by atoms with Crippen molar-refractivity contribution in [3.8, 4) is 0 Å². The van der Waals surface area contributed by atoms with Gasteiger partial charge in [0, 0.05) is 31.8 Å². The normalized spacial score (nSPS) is 10.3. The molecule has 18 heavy (non-hydrogen) atoms. The van der Waals surface area contributed by atoms with Crippen molar-refractivity contribution in [2.45, 2.75) is 13.0 Å². The monoisotopic (exact) mass is 270 g/mol. The molecule has 0 aliphatic carbocycles. The summed E-state index contributed by atoms with van der Waals surface area (Å²) in [5.41, 5.74) is 1.06. The Bertz CT molecular complexity index is 372. The number of hydrogen-bond acceptors (Lipinski definition) is 3. The van der Waals surface area contributed by atoms with Crippen molar-refractivity contribution >= 4 is 17.5 Å². The Labute approximate surface area is 113 Å². The fourth-order valence-corrected chi connectivity index (χ4v) is 1.69. The maximum absolute atomic E-state index is 11.4. The molecule has 1 amide bonds. The minimum atomic E-state index is -0.00636. The molecule has 1 aromatic rings. The third-order valence-corrected chi connectivity index (χ3v) is 2.59. The zero-order valence-corrected chi connectivity index (χ0v) is 11.3. The summed E-state index contributed by atoms with van der Waals surface area (Å²) in [6.45, 7) is 2.24. The number of benzene rings is 1. The fraction of sp³-hybridized carbons (Fsp3) is 0.462. The van der Waals surface area contributed by atoms with Crippen LogP contribution in [0.25, 0.3) is 0 Å². The first kappa shape index (κ1) is 15.0. The third kappa shape index (κ3) is 6.59. The number of carbonyl (C=O) groups excluding carboxylic acids is 1. The zero-order valence-electron chi connectivity index (χ0n) is 10.5. The highest BCUT2D eigenvalue weighted by atomic mass is 35.5. The topological polar surface area (TPSA) is 50.4 Å². The number of carbonyl (C=O) groups is 1. The van der Waals surface area contributed by atoms with Gasteiger partial charge in [0.1, 0.15) is 0 Å². The summed E-state index contributed by atoms with van der Waals surface area (Å²) in [5.74, 6) is -0.00636. The van der Waals surface area contributed by atoms with Gasteiger partial charge in [0.2, 0.25) is 5.91 Å². The lowest BCUT2D eigenvalue weighted by atomic mass is 10.2. The van der Waals surface area contributed by atoms with E-state index in [1.54, 1.807) is 7.11 Å². The molecule has 100 valence electrons. The molecule has 4 nitrogen and oxygen atoms in total. The Morgan fingerprint density at radius 1 is 1.44 bits per heavy atom. The average Bonchev–Trinajstić information content (AvgIpc) is 2.35. The van der Waals surface area contributed by atoms with Crippen molar-refractivity contribution in [3.63, 3.8) is 0 Å². The summed E-state index contributed by atoms with van der Waals surface area (Å²) < 4.78 is 4.89. The fourth-order valence-electron chi connectivity index (χ4n) is 1.47. The van der Waals surface area contributed by atoms with Crippen LogP contribution in [0.4, 0.5) is 0 Å². The van der Waals surface area contributed by atoms with Crippen molar-refractivity contribution in [1.82, 2.24) is 10.6 Å². The second-order valence-electron chi connectivity index (χ2n) is 3.93.